The van der Waals surface area contributed by atoms with Crippen LogP contribution in [0.1, 0.15) is 58.8 Å². The van der Waals surface area contributed by atoms with E-state index in [4.69, 9.17) is 0 Å². The van der Waals surface area contributed by atoms with Crippen molar-refractivity contribution in [3.63, 3.8) is 0 Å². The van der Waals surface area contributed by atoms with Crippen LogP contribution in [0.25, 0.3) is 0 Å². The number of rotatable bonds is 11. The van der Waals surface area contributed by atoms with Crippen molar-refractivity contribution in [2.24, 2.45) is 0 Å². The van der Waals surface area contributed by atoms with E-state index in [0.717, 1.165) is 26.1 Å². The highest BCUT2D eigenvalue weighted by Crippen LogP contribution is 2.30. The van der Waals surface area contributed by atoms with E-state index in [9.17, 15) is 0 Å². The number of hydrogen-bond donors (Lipinski definition) is 1. The van der Waals surface area contributed by atoms with Crippen molar-refractivity contribution >= 4 is 11.3 Å². The second kappa shape index (κ2) is 9.54. The molecule has 0 amide bonds. The summed E-state index contributed by atoms with van der Waals surface area (Å²) in [5, 5.41) is 3.84. The van der Waals surface area contributed by atoms with E-state index < -0.39 is 0 Å². The molecule has 3 nitrogen and oxygen atoms in total. The lowest BCUT2D eigenvalue weighted by Crippen LogP contribution is -2.61. The van der Waals surface area contributed by atoms with Crippen molar-refractivity contribution in [3.8, 4) is 0 Å². The van der Waals surface area contributed by atoms with Crippen LogP contribution in [0.3, 0.4) is 0 Å². The van der Waals surface area contributed by atoms with Crippen molar-refractivity contribution in [2.45, 2.75) is 71.9 Å². The molecule has 1 rings (SSSR count). The third-order valence-electron chi connectivity index (χ3n) is 4.80. The number of nitrogens with zero attached hydrogens (tertiary/aromatic N) is 2. The van der Waals surface area contributed by atoms with Gasteiger partial charge in [-0.1, -0.05) is 34.6 Å². The molecule has 122 valence electrons. The van der Waals surface area contributed by atoms with Gasteiger partial charge >= 0.3 is 0 Å². The highest BCUT2D eigenvalue weighted by atomic mass is 32.1. The highest BCUT2D eigenvalue weighted by Gasteiger charge is 2.39. The smallest absolute Gasteiger partial charge is 0.0794 e. The summed E-state index contributed by atoms with van der Waals surface area (Å²) in [5.41, 5.74) is 2.19. The fourth-order valence-corrected chi connectivity index (χ4v) is 4.22. The van der Waals surface area contributed by atoms with Gasteiger partial charge in [-0.15, -0.1) is 11.3 Å². The average Bonchev–Trinajstić information content (AvgIpc) is 3.02. The molecule has 0 aliphatic carbocycles. The summed E-state index contributed by atoms with van der Waals surface area (Å²) in [6.45, 7) is 14.8. The van der Waals surface area contributed by atoms with Crippen LogP contribution in [0, 0.1) is 0 Å². The molecule has 0 bridgehead atoms. The first kappa shape index (κ1) is 18.6. The van der Waals surface area contributed by atoms with Gasteiger partial charge < -0.3 is 5.32 Å². The summed E-state index contributed by atoms with van der Waals surface area (Å²) in [6.07, 6.45) is 6.67. The molecule has 4 heteroatoms. The van der Waals surface area contributed by atoms with Gasteiger partial charge in [0.15, 0.2) is 0 Å². The number of aromatic nitrogens is 1. The molecule has 0 spiro atoms. The molecule has 0 aliphatic heterocycles. The van der Waals surface area contributed by atoms with Crippen LogP contribution in [0.5, 0.6) is 0 Å². The van der Waals surface area contributed by atoms with Gasteiger partial charge in [-0.25, -0.2) is 0 Å². The SMILES string of the molecule is CCCNC(Cc1cncs1)C(CC)(CC)N(CC)CC. The van der Waals surface area contributed by atoms with Gasteiger partial charge in [0.25, 0.3) is 0 Å². The summed E-state index contributed by atoms with van der Waals surface area (Å²) in [6, 6.07) is 0.493. The van der Waals surface area contributed by atoms with E-state index in [1.54, 1.807) is 11.3 Å². The molecule has 1 aromatic heterocycles. The first-order valence-corrected chi connectivity index (χ1v) is 9.42. The zero-order valence-electron chi connectivity index (χ0n) is 14.5. The van der Waals surface area contributed by atoms with E-state index >= 15 is 0 Å². The zero-order chi connectivity index (χ0) is 15.7. The molecular weight excluding hydrogens is 278 g/mol. The maximum atomic E-state index is 4.25. The summed E-state index contributed by atoms with van der Waals surface area (Å²) in [4.78, 5) is 8.30. The quantitative estimate of drug-likeness (QED) is 0.670. The van der Waals surface area contributed by atoms with Crippen LogP contribution >= 0.6 is 11.3 Å². The van der Waals surface area contributed by atoms with Crippen LogP contribution in [0.15, 0.2) is 11.7 Å². The molecule has 0 saturated carbocycles. The second-order valence-electron chi connectivity index (χ2n) is 5.66. The Labute approximate surface area is 135 Å². The monoisotopic (exact) mass is 311 g/mol. The van der Waals surface area contributed by atoms with E-state index in [0.29, 0.717) is 6.04 Å². The lowest BCUT2D eigenvalue weighted by Gasteiger charge is -2.48. The molecule has 1 atom stereocenters. The zero-order valence-corrected chi connectivity index (χ0v) is 15.3. The van der Waals surface area contributed by atoms with E-state index in [1.165, 1.54) is 24.1 Å². The molecule has 0 aliphatic rings. The molecule has 1 aromatic rings. The first-order valence-electron chi connectivity index (χ1n) is 8.54. The molecule has 1 unspecified atom stereocenters. The standard InChI is InChI=1S/C17H33N3S/c1-6-11-19-16(12-15-13-18-14-21-15)17(7-2,8-3)20(9-4)10-5/h13-14,16,19H,6-12H2,1-5H3. The third kappa shape index (κ3) is 4.51. The fourth-order valence-electron chi connectivity index (χ4n) is 3.58. The van der Waals surface area contributed by atoms with Crippen molar-refractivity contribution in [1.29, 1.82) is 0 Å². The Kier molecular flexibility index (Phi) is 8.45. The van der Waals surface area contributed by atoms with Crippen molar-refractivity contribution in [3.05, 3.63) is 16.6 Å². The van der Waals surface area contributed by atoms with Crippen molar-refractivity contribution < 1.29 is 0 Å². The van der Waals surface area contributed by atoms with E-state index in [1.807, 2.05) is 11.7 Å². The number of nitrogens with one attached hydrogen (secondary N) is 1. The van der Waals surface area contributed by atoms with Crippen LogP contribution in [0.2, 0.25) is 0 Å². The van der Waals surface area contributed by atoms with Crippen molar-refractivity contribution in [2.75, 3.05) is 19.6 Å². The number of thiazole rings is 1. The maximum absolute atomic E-state index is 4.25. The van der Waals surface area contributed by atoms with Crippen LogP contribution in [0.4, 0.5) is 0 Å². The predicted molar refractivity (Wildman–Crippen MR) is 94.1 cm³/mol. The van der Waals surface area contributed by atoms with E-state index in [2.05, 4.69) is 49.8 Å². The highest BCUT2D eigenvalue weighted by molar-refractivity contribution is 7.09. The van der Waals surface area contributed by atoms with Gasteiger partial charge in [0.1, 0.15) is 0 Å². The molecule has 1 heterocycles. The summed E-state index contributed by atoms with van der Waals surface area (Å²) < 4.78 is 0. The molecular formula is C17H33N3S. The largest absolute Gasteiger partial charge is 0.312 e. The van der Waals surface area contributed by atoms with Crippen molar-refractivity contribution in [1.82, 2.24) is 15.2 Å². The van der Waals surface area contributed by atoms with Crippen LogP contribution in [-0.4, -0.2) is 41.1 Å². The Morgan fingerprint density at radius 3 is 2.29 bits per heavy atom. The van der Waals surface area contributed by atoms with Crippen LogP contribution in [-0.2, 0) is 6.42 Å². The minimum Gasteiger partial charge on any atom is -0.312 e. The average molecular weight is 312 g/mol. The molecule has 1 N–H and O–H groups in total. The summed E-state index contributed by atoms with van der Waals surface area (Å²) in [7, 11) is 0. The fraction of sp³-hybridized carbons (Fsp3) is 0.824. The second-order valence-corrected chi connectivity index (χ2v) is 6.63. The molecule has 0 saturated heterocycles. The normalized spacial score (nSPS) is 13.8. The molecule has 0 fully saturated rings. The first-order chi connectivity index (χ1) is 10.2. The molecule has 0 radical (unpaired) electrons. The Bertz CT molecular complexity index is 356. The Morgan fingerprint density at radius 2 is 1.86 bits per heavy atom. The van der Waals surface area contributed by atoms with Gasteiger partial charge in [-0.2, -0.15) is 0 Å². The van der Waals surface area contributed by atoms with E-state index in [-0.39, 0.29) is 5.54 Å². The predicted octanol–water partition coefficient (Wildman–Crippen LogP) is 3.95. The maximum Gasteiger partial charge on any atom is 0.0794 e. The topological polar surface area (TPSA) is 28.2 Å². The summed E-state index contributed by atoms with van der Waals surface area (Å²) >= 11 is 1.78. The number of hydrogen-bond acceptors (Lipinski definition) is 4. The minimum absolute atomic E-state index is 0.239. The minimum atomic E-state index is 0.239. The van der Waals surface area contributed by atoms with Gasteiger partial charge in [-0.3, -0.25) is 9.88 Å². The Morgan fingerprint density at radius 1 is 1.19 bits per heavy atom. The molecule has 0 aromatic carbocycles. The third-order valence-corrected chi connectivity index (χ3v) is 5.60. The Balaban J connectivity index is 3.03. The number of likely N-dealkylation sites (N-methyl/N-ethyl adjacent to an activating group) is 1. The Hall–Kier alpha value is -0.450. The van der Waals surface area contributed by atoms with Crippen LogP contribution < -0.4 is 5.32 Å². The summed E-state index contributed by atoms with van der Waals surface area (Å²) in [5.74, 6) is 0. The van der Waals surface area contributed by atoms with Gasteiger partial charge in [0.05, 0.1) is 5.51 Å². The van der Waals surface area contributed by atoms with Gasteiger partial charge in [0.2, 0.25) is 0 Å². The lowest BCUT2D eigenvalue weighted by molar-refractivity contribution is 0.0495. The van der Waals surface area contributed by atoms with Gasteiger partial charge in [0, 0.05) is 29.1 Å². The lowest BCUT2D eigenvalue weighted by atomic mass is 9.80. The molecule has 21 heavy (non-hydrogen) atoms. The van der Waals surface area contributed by atoms with Gasteiger partial charge in [-0.05, 0) is 38.9 Å².